The van der Waals surface area contributed by atoms with Crippen LogP contribution in [0.1, 0.15) is 16.7 Å². The minimum atomic E-state index is 0.143. The van der Waals surface area contributed by atoms with Crippen molar-refractivity contribution >= 4 is 5.71 Å². The van der Waals surface area contributed by atoms with E-state index in [2.05, 4.69) is 5.16 Å². The molecule has 0 fully saturated rings. The summed E-state index contributed by atoms with van der Waals surface area (Å²) in [4.78, 5) is 0. The number of benzene rings is 2. The van der Waals surface area contributed by atoms with Gasteiger partial charge in [0.2, 0.25) is 0 Å². The molecule has 0 aliphatic rings. The first-order chi connectivity index (χ1) is 8.24. The molecule has 0 aliphatic heterocycles. The first-order valence-corrected chi connectivity index (χ1v) is 5.30. The Hall–Kier alpha value is -2.29. The van der Waals surface area contributed by atoms with E-state index in [0.717, 1.165) is 11.1 Å². The van der Waals surface area contributed by atoms with Gasteiger partial charge in [-0.15, -0.1) is 0 Å². The molecule has 0 aliphatic carbocycles. The molecule has 3 nitrogen and oxygen atoms in total. The van der Waals surface area contributed by atoms with Crippen molar-refractivity contribution in [3.05, 3.63) is 65.2 Å². The topological polar surface area (TPSA) is 52.8 Å². The summed E-state index contributed by atoms with van der Waals surface area (Å²) < 4.78 is 0. The molecule has 0 saturated heterocycles. The molecule has 86 valence electrons. The molecule has 2 N–H and O–H groups in total. The predicted octanol–water partition coefficient (Wildman–Crippen LogP) is 2.93. The molecule has 3 heteroatoms. The third-order valence-electron chi connectivity index (χ3n) is 2.64. The van der Waals surface area contributed by atoms with Crippen LogP contribution >= 0.6 is 0 Å². The Morgan fingerprint density at radius 2 is 1.71 bits per heavy atom. The van der Waals surface area contributed by atoms with Crippen molar-refractivity contribution in [2.75, 3.05) is 0 Å². The van der Waals surface area contributed by atoms with Gasteiger partial charge in [0.05, 0.1) is 0 Å². The molecule has 0 bridgehead atoms. The van der Waals surface area contributed by atoms with Gasteiger partial charge in [-0.25, -0.2) is 0 Å². The number of oxime groups is 1. The Morgan fingerprint density at radius 3 is 2.35 bits per heavy atom. The first kappa shape index (κ1) is 11.2. The van der Waals surface area contributed by atoms with Gasteiger partial charge in [-0.3, -0.25) is 0 Å². The SMILES string of the molecule is Cc1cccc(/C(=N/O)c2ccccc2)c1O. The smallest absolute Gasteiger partial charge is 0.128 e. The first-order valence-electron chi connectivity index (χ1n) is 5.30. The molecule has 17 heavy (non-hydrogen) atoms. The number of hydrogen-bond acceptors (Lipinski definition) is 3. The number of hydrogen-bond donors (Lipinski definition) is 2. The molecule has 0 amide bonds. The molecule has 2 rings (SSSR count). The summed E-state index contributed by atoms with van der Waals surface area (Å²) in [6.45, 7) is 1.80. The van der Waals surface area contributed by atoms with Crippen LogP contribution in [0.5, 0.6) is 5.75 Å². The number of phenolic OH excluding ortho intramolecular Hbond substituents is 1. The fourth-order valence-electron chi connectivity index (χ4n) is 1.71. The van der Waals surface area contributed by atoms with E-state index in [1.54, 1.807) is 19.1 Å². The third-order valence-corrected chi connectivity index (χ3v) is 2.64. The van der Waals surface area contributed by atoms with Crippen LogP contribution in [0.2, 0.25) is 0 Å². The largest absolute Gasteiger partial charge is 0.507 e. The van der Waals surface area contributed by atoms with Gasteiger partial charge in [0, 0.05) is 11.1 Å². The van der Waals surface area contributed by atoms with Crippen LogP contribution < -0.4 is 0 Å². The van der Waals surface area contributed by atoms with Gasteiger partial charge in [-0.05, 0) is 18.6 Å². The Morgan fingerprint density at radius 1 is 1.00 bits per heavy atom. The Bertz CT molecular complexity index is 547. The van der Waals surface area contributed by atoms with Gasteiger partial charge in [0.25, 0.3) is 0 Å². The van der Waals surface area contributed by atoms with E-state index in [1.807, 2.05) is 36.4 Å². The van der Waals surface area contributed by atoms with Crippen molar-refractivity contribution in [1.29, 1.82) is 0 Å². The molecule has 0 heterocycles. The van der Waals surface area contributed by atoms with Gasteiger partial charge < -0.3 is 10.3 Å². The van der Waals surface area contributed by atoms with Gasteiger partial charge in [0.1, 0.15) is 11.5 Å². The Kier molecular flexibility index (Phi) is 3.10. The van der Waals surface area contributed by atoms with Crippen LogP contribution in [0.4, 0.5) is 0 Å². The maximum absolute atomic E-state index is 9.97. The van der Waals surface area contributed by atoms with Crippen molar-refractivity contribution in [1.82, 2.24) is 0 Å². The molecule has 0 saturated carbocycles. The van der Waals surface area contributed by atoms with Crippen molar-refractivity contribution in [3.8, 4) is 5.75 Å². The number of phenols is 1. The summed E-state index contributed by atoms with van der Waals surface area (Å²) in [7, 11) is 0. The van der Waals surface area contributed by atoms with Crippen molar-refractivity contribution < 1.29 is 10.3 Å². The van der Waals surface area contributed by atoms with E-state index in [4.69, 9.17) is 5.21 Å². The lowest BCUT2D eigenvalue weighted by atomic mass is 10.00. The lowest BCUT2D eigenvalue weighted by Gasteiger charge is -2.08. The average Bonchev–Trinajstić information content (AvgIpc) is 2.37. The maximum atomic E-state index is 9.97. The Balaban J connectivity index is 2.55. The minimum Gasteiger partial charge on any atom is -0.507 e. The van der Waals surface area contributed by atoms with Crippen LogP contribution in [-0.4, -0.2) is 16.0 Å². The van der Waals surface area contributed by atoms with Gasteiger partial charge in [0.15, 0.2) is 0 Å². The van der Waals surface area contributed by atoms with E-state index < -0.39 is 0 Å². The second kappa shape index (κ2) is 4.70. The van der Waals surface area contributed by atoms with E-state index in [1.165, 1.54) is 0 Å². The lowest BCUT2D eigenvalue weighted by molar-refractivity contribution is 0.319. The molecule has 0 unspecified atom stereocenters. The number of aryl methyl sites for hydroxylation is 1. The highest BCUT2D eigenvalue weighted by Crippen LogP contribution is 2.24. The molecular formula is C14H13NO2. The van der Waals surface area contributed by atoms with Crippen molar-refractivity contribution in [3.63, 3.8) is 0 Å². The third kappa shape index (κ3) is 2.13. The molecule has 2 aromatic carbocycles. The molecule has 2 aromatic rings. The van der Waals surface area contributed by atoms with Crippen molar-refractivity contribution in [2.24, 2.45) is 5.16 Å². The molecule has 0 spiro atoms. The second-order valence-corrected chi connectivity index (χ2v) is 3.79. The van der Waals surface area contributed by atoms with Gasteiger partial charge >= 0.3 is 0 Å². The summed E-state index contributed by atoms with van der Waals surface area (Å²) in [6, 6.07) is 14.6. The normalized spacial score (nSPS) is 11.5. The summed E-state index contributed by atoms with van der Waals surface area (Å²) >= 11 is 0. The highest BCUT2D eigenvalue weighted by molar-refractivity contribution is 6.14. The zero-order valence-corrected chi connectivity index (χ0v) is 9.46. The number of nitrogens with zero attached hydrogens (tertiary/aromatic N) is 1. The summed E-state index contributed by atoms with van der Waals surface area (Å²) in [6.07, 6.45) is 0. The van der Waals surface area contributed by atoms with Crippen LogP contribution in [0.25, 0.3) is 0 Å². The zero-order chi connectivity index (χ0) is 12.3. The Labute approximate surface area is 99.7 Å². The number of rotatable bonds is 2. The highest BCUT2D eigenvalue weighted by atomic mass is 16.4. The molecule has 0 radical (unpaired) electrons. The predicted molar refractivity (Wildman–Crippen MR) is 66.7 cm³/mol. The fraction of sp³-hybridized carbons (Fsp3) is 0.0714. The van der Waals surface area contributed by atoms with E-state index in [0.29, 0.717) is 11.3 Å². The molecular weight excluding hydrogens is 214 g/mol. The summed E-state index contributed by atoms with van der Waals surface area (Å²) in [5.74, 6) is 0.143. The quantitative estimate of drug-likeness (QED) is 0.471. The second-order valence-electron chi connectivity index (χ2n) is 3.79. The lowest BCUT2D eigenvalue weighted by Crippen LogP contribution is -2.04. The molecule has 0 aromatic heterocycles. The minimum absolute atomic E-state index is 0.143. The van der Waals surface area contributed by atoms with Crippen LogP contribution in [0, 0.1) is 6.92 Å². The average molecular weight is 227 g/mol. The number of aromatic hydroxyl groups is 1. The van der Waals surface area contributed by atoms with Gasteiger partial charge in [-0.1, -0.05) is 47.6 Å². The standard InChI is InChI=1S/C14H13NO2/c1-10-6-5-9-12(14(10)16)13(15-17)11-7-3-2-4-8-11/h2-9,16-17H,1H3/b15-13+. The fourth-order valence-corrected chi connectivity index (χ4v) is 1.71. The van der Waals surface area contributed by atoms with Crippen LogP contribution in [0.3, 0.4) is 0 Å². The number of para-hydroxylation sites is 1. The van der Waals surface area contributed by atoms with E-state index >= 15 is 0 Å². The zero-order valence-electron chi connectivity index (χ0n) is 9.46. The maximum Gasteiger partial charge on any atom is 0.128 e. The van der Waals surface area contributed by atoms with E-state index in [-0.39, 0.29) is 5.75 Å². The van der Waals surface area contributed by atoms with E-state index in [9.17, 15) is 5.11 Å². The highest BCUT2D eigenvalue weighted by Gasteiger charge is 2.12. The molecule has 0 atom stereocenters. The summed E-state index contributed by atoms with van der Waals surface area (Å²) in [5, 5.41) is 22.4. The van der Waals surface area contributed by atoms with Gasteiger partial charge in [-0.2, -0.15) is 0 Å². The van der Waals surface area contributed by atoms with Crippen LogP contribution in [0.15, 0.2) is 53.7 Å². The monoisotopic (exact) mass is 227 g/mol. The summed E-state index contributed by atoms with van der Waals surface area (Å²) in [5.41, 5.74) is 2.40. The van der Waals surface area contributed by atoms with Crippen LogP contribution in [-0.2, 0) is 0 Å². The van der Waals surface area contributed by atoms with Crippen molar-refractivity contribution in [2.45, 2.75) is 6.92 Å².